The number of aromatic nitrogens is 3. The molecule has 1 N–H and O–H groups in total. The molecule has 1 amide bonds. The third kappa shape index (κ3) is 5.33. The fourth-order valence-corrected chi connectivity index (χ4v) is 3.37. The number of rotatable bonds is 10. The Morgan fingerprint density at radius 1 is 1.25 bits per heavy atom. The molecule has 1 aromatic carbocycles. The lowest BCUT2D eigenvalue weighted by Crippen LogP contribution is -2.24. The average molecular weight is 385 g/mol. The number of aryl methyl sites for hydroxylation is 3. The zero-order valence-electron chi connectivity index (χ0n) is 17.5. The number of ether oxygens (including phenoxy) is 1. The number of hydrogen-bond donors (Lipinski definition) is 1. The van der Waals surface area contributed by atoms with Gasteiger partial charge in [0.25, 0.3) is 0 Å². The highest BCUT2D eigenvalue weighted by Crippen LogP contribution is 2.37. The van der Waals surface area contributed by atoms with Crippen molar-refractivity contribution in [2.24, 2.45) is 5.92 Å². The molecule has 0 aliphatic heterocycles. The number of nitrogens with one attached hydrogen (secondary N) is 1. The van der Waals surface area contributed by atoms with Gasteiger partial charge in [0.15, 0.2) is 0 Å². The molecule has 0 bridgehead atoms. The van der Waals surface area contributed by atoms with Crippen molar-refractivity contribution in [1.82, 2.24) is 20.1 Å². The summed E-state index contributed by atoms with van der Waals surface area (Å²) in [5.41, 5.74) is 2.22. The monoisotopic (exact) mass is 384 g/mol. The van der Waals surface area contributed by atoms with Gasteiger partial charge in [0.2, 0.25) is 5.91 Å². The smallest absolute Gasteiger partial charge is 0.220 e. The summed E-state index contributed by atoms with van der Waals surface area (Å²) in [6, 6.07) is 6.44. The van der Waals surface area contributed by atoms with E-state index in [2.05, 4.69) is 33.9 Å². The summed E-state index contributed by atoms with van der Waals surface area (Å²) in [7, 11) is 1.66. The molecule has 1 saturated carbocycles. The largest absolute Gasteiger partial charge is 0.497 e. The number of hydrogen-bond acceptors (Lipinski definition) is 4. The van der Waals surface area contributed by atoms with Crippen molar-refractivity contribution in [3.63, 3.8) is 0 Å². The summed E-state index contributed by atoms with van der Waals surface area (Å²) >= 11 is 0. The number of carbonyl (C=O) groups is 1. The molecule has 6 nitrogen and oxygen atoms in total. The molecular weight excluding hydrogens is 352 g/mol. The number of carbonyl (C=O) groups excluding carboxylic acids is 1. The molecule has 28 heavy (non-hydrogen) atoms. The average Bonchev–Trinajstić information content (AvgIpc) is 3.43. The Balaban J connectivity index is 1.53. The van der Waals surface area contributed by atoms with Crippen LogP contribution in [-0.2, 0) is 24.2 Å². The van der Waals surface area contributed by atoms with Gasteiger partial charge < -0.3 is 14.6 Å². The molecular formula is C22H32N4O2. The third-order valence-corrected chi connectivity index (χ3v) is 5.30. The number of amides is 1. The molecule has 2 aromatic rings. The Morgan fingerprint density at radius 3 is 2.57 bits per heavy atom. The first-order chi connectivity index (χ1) is 13.5. The molecule has 152 valence electrons. The second-order valence-corrected chi connectivity index (χ2v) is 8.14. The molecule has 0 radical (unpaired) electrons. The quantitative estimate of drug-likeness (QED) is 0.677. The van der Waals surface area contributed by atoms with Gasteiger partial charge in [-0.1, -0.05) is 19.9 Å². The van der Waals surface area contributed by atoms with Gasteiger partial charge >= 0.3 is 0 Å². The molecule has 1 aliphatic rings. The number of benzene rings is 1. The second kappa shape index (κ2) is 9.22. The fourth-order valence-electron chi connectivity index (χ4n) is 3.37. The fraction of sp³-hybridized carbons (Fsp3) is 0.591. The van der Waals surface area contributed by atoms with Crippen molar-refractivity contribution in [1.29, 1.82) is 0 Å². The van der Waals surface area contributed by atoms with E-state index in [1.54, 1.807) is 7.11 Å². The van der Waals surface area contributed by atoms with Gasteiger partial charge in [-0.3, -0.25) is 4.79 Å². The Kier molecular flexibility index (Phi) is 6.70. The van der Waals surface area contributed by atoms with Gasteiger partial charge in [0.1, 0.15) is 17.4 Å². The molecule has 1 aliphatic carbocycles. The Hall–Kier alpha value is -2.37. The van der Waals surface area contributed by atoms with E-state index in [0.717, 1.165) is 41.4 Å². The van der Waals surface area contributed by atoms with E-state index in [1.807, 2.05) is 25.1 Å². The Morgan fingerprint density at radius 2 is 1.96 bits per heavy atom. The van der Waals surface area contributed by atoms with Crippen molar-refractivity contribution in [3.05, 3.63) is 41.0 Å². The minimum absolute atomic E-state index is 0.0456. The van der Waals surface area contributed by atoms with Crippen LogP contribution in [0, 0.1) is 12.8 Å². The predicted molar refractivity (Wildman–Crippen MR) is 109 cm³/mol. The van der Waals surface area contributed by atoms with Gasteiger partial charge in [0, 0.05) is 31.8 Å². The van der Waals surface area contributed by atoms with Crippen LogP contribution in [0.4, 0.5) is 0 Å². The second-order valence-electron chi connectivity index (χ2n) is 8.14. The maximum absolute atomic E-state index is 12.3. The molecule has 0 saturated heterocycles. The summed E-state index contributed by atoms with van der Waals surface area (Å²) in [4.78, 5) is 12.3. The third-order valence-electron chi connectivity index (χ3n) is 5.30. The van der Waals surface area contributed by atoms with Crippen LogP contribution < -0.4 is 10.1 Å². The minimum atomic E-state index is 0.0456. The molecule has 0 unspecified atom stereocenters. The van der Waals surface area contributed by atoms with Crippen LogP contribution in [0.2, 0.25) is 0 Å². The van der Waals surface area contributed by atoms with Crippen LogP contribution >= 0.6 is 0 Å². The van der Waals surface area contributed by atoms with E-state index in [9.17, 15) is 4.79 Å². The van der Waals surface area contributed by atoms with E-state index in [-0.39, 0.29) is 5.91 Å². The molecule has 0 spiro atoms. The SMILES string of the molecule is COc1ccc(CNC(=O)CCc2nnc(CCC(C)C)n2C2CC2)c(C)c1. The summed E-state index contributed by atoms with van der Waals surface area (Å²) in [5, 5.41) is 11.8. The molecule has 0 atom stereocenters. The first kappa shape index (κ1) is 20.4. The highest BCUT2D eigenvalue weighted by molar-refractivity contribution is 5.76. The molecule has 1 fully saturated rings. The highest BCUT2D eigenvalue weighted by Gasteiger charge is 2.29. The van der Waals surface area contributed by atoms with Crippen LogP contribution in [0.5, 0.6) is 5.75 Å². The molecule has 1 heterocycles. The molecule has 3 rings (SSSR count). The zero-order chi connectivity index (χ0) is 20.1. The maximum Gasteiger partial charge on any atom is 0.220 e. The van der Waals surface area contributed by atoms with E-state index in [4.69, 9.17) is 4.74 Å². The first-order valence-corrected chi connectivity index (χ1v) is 10.3. The summed E-state index contributed by atoms with van der Waals surface area (Å²) < 4.78 is 7.52. The van der Waals surface area contributed by atoms with Crippen LogP contribution in [0.15, 0.2) is 18.2 Å². The van der Waals surface area contributed by atoms with Gasteiger partial charge in [-0.2, -0.15) is 0 Å². The molecule has 6 heteroatoms. The zero-order valence-corrected chi connectivity index (χ0v) is 17.5. The van der Waals surface area contributed by atoms with Crippen molar-refractivity contribution in [3.8, 4) is 5.75 Å². The van der Waals surface area contributed by atoms with E-state index >= 15 is 0 Å². The maximum atomic E-state index is 12.3. The highest BCUT2D eigenvalue weighted by atomic mass is 16.5. The lowest BCUT2D eigenvalue weighted by molar-refractivity contribution is -0.121. The van der Waals surface area contributed by atoms with Gasteiger partial charge in [-0.15, -0.1) is 10.2 Å². The van der Waals surface area contributed by atoms with E-state index in [1.165, 1.54) is 12.8 Å². The Labute approximate surface area is 167 Å². The lowest BCUT2D eigenvalue weighted by Gasteiger charge is -2.11. The summed E-state index contributed by atoms with van der Waals surface area (Å²) in [6.45, 7) is 7.02. The Bertz CT molecular complexity index is 809. The predicted octanol–water partition coefficient (Wildman–Crippen LogP) is 3.77. The number of nitrogens with zero attached hydrogens (tertiary/aromatic N) is 3. The lowest BCUT2D eigenvalue weighted by atomic mass is 10.1. The minimum Gasteiger partial charge on any atom is -0.497 e. The summed E-state index contributed by atoms with van der Waals surface area (Å²) in [5.74, 6) is 3.57. The standard InChI is InChI=1S/C22H32N4O2/c1-15(2)5-10-20-24-25-21(26(20)18-7-8-18)11-12-22(27)23-14-17-6-9-19(28-4)13-16(17)3/h6,9,13,15,18H,5,7-8,10-12,14H2,1-4H3,(H,23,27). The van der Waals surface area contributed by atoms with Crippen LogP contribution in [0.1, 0.15) is 68.3 Å². The van der Waals surface area contributed by atoms with Crippen molar-refractivity contribution in [2.45, 2.75) is 71.9 Å². The number of methoxy groups -OCH3 is 1. The van der Waals surface area contributed by atoms with Crippen molar-refractivity contribution < 1.29 is 9.53 Å². The first-order valence-electron chi connectivity index (χ1n) is 10.3. The van der Waals surface area contributed by atoms with E-state index < -0.39 is 0 Å². The topological polar surface area (TPSA) is 69.0 Å². The van der Waals surface area contributed by atoms with Gasteiger partial charge in [-0.25, -0.2) is 0 Å². The van der Waals surface area contributed by atoms with Crippen LogP contribution in [0.25, 0.3) is 0 Å². The van der Waals surface area contributed by atoms with Gasteiger partial charge in [-0.05, 0) is 55.4 Å². The normalized spacial score (nSPS) is 13.8. The van der Waals surface area contributed by atoms with Crippen LogP contribution in [0.3, 0.4) is 0 Å². The molecule has 1 aromatic heterocycles. The van der Waals surface area contributed by atoms with Crippen molar-refractivity contribution in [2.75, 3.05) is 7.11 Å². The van der Waals surface area contributed by atoms with Gasteiger partial charge in [0.05, 0.1) is 7.11 Å². The van der Waals surface area contributed by atoms with Crippen LogP contribution in [-0.4, -0.2) is 27.8 Å². The summed E-state index contributed by atoms with van der Waals surface area (Å²) in [6.07, 6.45) is 5.55. The van der Waals surface area contributed by atoms with E-state index in [0.29, 0.717) is 31.3 Å². The van der Waals surface area contributed by atoms with Crippen molar-refractivity contribution >= 4 is 5.91 Å².